The van der Waals surface area contributed by atoms with E-state index in [0.717, 1.165) is 25.8 Å². The zero-order chi connectivity index (χ0) is 13.9. The summed E-state index contributed by atoms with van der Waals surface area (Å²) < 4.78 is 23.6. The van der Waals surface area contributed by atoms with Gasteiger partial charge in [-0.05, 0) is 44.1 Å². The molecule has 2 rings (SSSR count). The predicted octanol–water partition coefficient (Wildman–Crippen LogP) is 2.76. The molecule has 0 aromatic heterocycles. The van der Waals surface area contributed by atoms with Gasteiger partial charge in [0.05, 0.1) is 5.25 Å². The number of rotatable bonds is 4. The molecule has 1 N–H and O–H groups in total. The molecular weight excluding hydrogens is 258 g/mol. The van der Waals surface area contributed by atoms with Crippen LogP contribution in [0.1, 0.15) is 58.3 Å². The molecule has 4 unspecified atom stereocenters. The summed E-state index contributed by atoms with van der Waals surface area (Å²) in [6.07, 6.45) is 10.8. The predicted molar refractivity (Wildman–Crippen MR) is 80.0 cm³/mol. The topological polar surface area (TPSA) is 46.2 Å². The molecule has 19 heavy (non-hydrogen) atoms. The van der Waals surface area contributed by atoms with Crippen molar-refractivity contribution < 1.29 is 8.42 Å². The van der Waals surface area contributed by atoms with E-state index in [4.69, 9.17) is 0 Å². The summed E-state index contributed by atoms with van der Waals surface area (Å²) >= 11 is 0. The molecule has 3 nitrogen and oxygen atoms in total. The van der Waals surface area contributed by atoms with Gasteiger partial charge in [0.1, 0.15) is 9.84 Å². The summed E-state index contributed by atoms with van der Waals surface area (Å²) in [4.78, 5) is 0. The summed E-state index contributed by atoms with van der Waals surface area (Å²) in [5.74, 6) is 1.33. The first-order valence-electron chi connectivity index (χ1n) is 7.94. The molecule has 4 heteroatoms. The Labute approximate surface area is 118 Å². The summed E-state index contributed by atoms with van der Waals surface area (Å²) in [6, 6.07) is 0.627. The Kier molecular flexibility index (Phi) is 5.29. The quantitative estimate of drug-likeness (QED) is 0.865. The van der Waals surface area contributed by atoms with E-state index in [1.54, 1.807) is 0 Å². The largest absolute Gasteiger partial charge is 0.314 e. The van der Waals surface area contributed by atoms with Gasteiger partial charge < -0.3 is 5.32 Å². The number of hydrogen-bond donors (Lipinski definition) is 1. The Morgan fingerprint density at radius 1 is 1.05 bits per heavy atom. The highest BCUT2D eigenvalue weighted by molar-refractivity contribution is 7.91. The van der Waals surface area contributed by atoms with Gasteiger partial charge in [-0.25, -0.2) is 8.42 Å². The van der Waals surface area contributed by atoms with Gasteiger partial charge in [-0.15, -0.1) is 0 Å². The van der Waals surface area contributed by atoms with Crippen LogP contribution in [-0.4, -0.2) is 32.5 Å². The SMILES string of the molecule is CCNC1CCCCC1C1CCCC(S(C)(=O)=O)C1. The number of nitrogens with one attached hydrogen (secondary N) is 1. The third-order valence-corrected chi connectivity index (χ3v) is 6.80. The highest BCUT2D eigenvalue weighted by atomic mass is 32.2. The Balaban J connectivity index is 2.02. The van der Waals surface area contributed by atoms with Gasteiger partial charge >= 0.3 is 0 Å². The lowest BCUT2D eigenvalue weighted by molar-refractivity contribution is 0.152. The zero-order valence-electron chi connectivity index (χ0n) is 12.4. The standard InChI is InChI=1S/C15H29NO2S/c1-3-16-15-10-5-4-9-14(15)12-7-6-8-13(11-12)19(2,17)18/h12-16H,3-11H2,1-2H3. The van der Waals surface area contributed by atoms with Gasteiger partial charge in [-0.1, -0.05) is 32.6 Å². The molecule has 112 valence electrons. The Morgan fingerprint density at radius 3 is 2.47 bits per heavy atom. The van der Waals surface area contributed by atoms with Crippen LogP contribution in [0, 0.1) is 11.8 Å². The highest BCUT2D eigenvalue weighted by Gasteiger charge is 2.36. The van der Waals surface area contributed by atoms with E-state index in [0.29, 0.717) is 17.9 Å². The van der Waals surface area contributed by atoms with Gasteiger partial charge in [-0.2, -0.15) is 0 Å². The van der Waals surface area contributed by atoms with Crippen LogP contribution < -0.4 is 5.32 Å². The van der Waals surface area contributed by atoms with E-state index < -0.39 is 9.84 Å². The summed E-state index contributed by atoms with van der Waals surface area (Å²) in [5.41, 5.74) is 0. The van der Waals surface area contributed by atoms with Crippen LogP contribution in [0.4, 0.5) is 0 Å². The van der Waals surface area contributed by atoms with Crippen molar-refractivity contribution in [3.8, 4) is 0 Å². The first-order chi connectivity index (χ1) is 9.02. The maximum absolute atomic E-state index is 11.8. The van der Waals surface area contributed by atoms with Gasteiger partial charge in [-0.3, -0.25) is 0 Å². The maximum Gasteiger partial charge on any atom is 0.150 e. The third kappa shape index (κ3) is 3.94. The Hall–Kier alpha value is -0.0900. The third-order valence-electron chi connectivity index (χ3n) is 5.16. The summed E-state index contributed by atoms with van der Waals surface area (Å²) in [5, 5.41) is 3.56. The monoisotopic (exact) mass is 287 g/mol. The fraction of sp³-hybridized carbons (Fsp3) is 1.00. The maximum atomic E-state index is 11.8. The fourth-order valence-corrected chi connectivity index (χ4v) is 5.39. The van der Waals surface area contributed by atoms with Gasteiger partial charge in [0.25, 0.3) is 0 Å². The lowest BCUT2D eigenvalue weighted by Crippen LogP contribution is -2.44. The minimum absolute atomic E-state index is 0.0737. The van der Waals surface area contributed by atoms with E-state index in [1.807, 2.05) is 0 Å². The van der Waals surface area contributed by atoms with Crippen molar-refractivity contribution in [1.29, 1.82) is 0 Å². The van der Waals surface area contributed by atoms with Crippen molar-refractivity contribution in [2.24, 2.45) is 11.8 Å². The first kappa shape index (κ1) is 15.3. The molecule has 0 amide bonds. The first-order valence-corrected chi connectivity index (χ1v) is 9.90. The van der Waals surface area contributed by atoms with E-state index in [9.17, 15) is 8.42 Å². The Morgan fingerprint density at radius 2 is 1.79 bits per heavy atom. The highest BCUT2D eigenvalue weighted by Crippen LogP contribution is 2.40. The average molecular weight is 287 g/mol. The molecule has 2 aliphatic carbocycles. The molecule has 0 aromatic carbocycles. The minimum Gasteiger partial charge on any atom is -0.314 e. The van der Waals surface area contributed by atoms with Crippen molar-refractivity contribution in [2.45, 2.75) is 69.6 Å². The van der Waals surface area contributed by atoms with E-state index >= 15 is 0 Å². The molecule has 2 saturated carbocycles. The van der Waals surface area contributed by atoms with Crippen LogP contribution in [0.25, 0.3) is 0 Å². The molecular formula is C15H29NO2S. The second-order valence-electron chi connectivity index (χ2n) is 6.49. The molecule has 0 aliphatic heterocycles. The van der Waals surface area contributed by atoms with Crippen molar-refractivity contribution in [2.75, 3.05) is 12.8 Å². The van der Waals surface area contributed by atoms with Gasteiger partial charge in [0.2, 0.25) is 0 Å². The molecule has 2 fully saturated rings. The number of hydrogen-bond acceptors (Lipinski definition) is 3. The van der Waals surface area contributed by atoms with Crippen LogP contribution in [0.15, 0.2) is 0 Å². The smallest absolute Gasteiger partial charge is 0.150 e. The fourth-order valence-electron chi connectivity index (χ4n) is 4.20. The van der Waals surface area contributed by atoms with Crippen molar-refractivity contribution in [1.82, 2.24) is 5.32 Å². The average Bonchev–Trinajstić information content (AvgIpc) is 2.39. The molecule has 0 spiro atoms. The number of sulfone groups is 1. The Bertz CT molecular complexity index is 378. The van der Waals surface area contributed by atoms with Crippen LogP contribution in [0.2, 0.25) is 0 Å². The van der Waals surface area contributed by atoms with E-state index in [2.05, 4.69) is 12.2 Å². The minimum atomic E-state index is -2.85. The van der Waals surface area contributed by atoms with Crippen LogP contribution in [0.5, 0.6) is 0 Å². The van der Waals surface area contributed by atoms with Crippen molar-refractivity contribution >= 4 is 9.84 Å². The van der Waals surface area contributed by atoms with Crippen LogP contribution in [0.3, 0.4) is 0 Å². The lowest BCUT2D eigenvalue weighted by Gasteiger charge is -2.41. The lowest BCUT2D eigenvalue weighted by atomic mass is 9.71. The molecule has 0 radical (unpaired) electrons. The van der Waals surface area contributed by atoms with Crippen LogP contribution >= 0.6 is 0 Å². The van der Waals surface area contributed by atoms with Crippen LogP contribution in [-0.2, 0) is 9.84 Å². The normalized spacial score (nSPS) is 37.2. The summed E-state index contributed by atoms with van der Waals surface area (Å²) in [7, 11) is -2.85. The van der Waals surface area contributed by atoms with Crippen molar-refractivity contribution in [3.63, 3.8) is 0 Å². The molecule has 0 heterocycles. The zero-order valence-corrected chi connectivity index (χ0v) is 13.2. The second-order valence-corrected chi connectivity index (χ2v) is 8.82. The summed E-state index contributed by atoms with van der Waals surface area (Å²) in [6.45, 7) is 3.20. The molecule has 0 bridgehead atoms. The van der Waals surface area contributed by atoms with E-state index in [-0.39, 0.29) is 5.25 Å². The molecule has 4 atom stereocenters. The van der Waals surface area contributed by atoms with Gasteiger partial charge in [0, 0.05) is 12.3 Å². The van der Waals surface area contributed by atoms with Crippen molar-refractivity contribution in [3.05, 3.63) is 0 Å². The molecule has 0 saturated heterocycles. The van der Waals surface area contributed by atoms with E-state index in [1.165, 1.54) is 38.4 Å². The van der Waals surface area contributed by atoms with Gasteiger partial charge in [0.15, 0.2) is 0 Å². The molecule has 2 aliphatic rings. The second kappa shape index (κ2) is 6.57. The molecule has 0 aromatic rings.